The number of carboxylic acids is 1. The molecular formula is C12H27KO3Zn. The first-order valence-corrected chi connectivity index (χ1v) is 5.97. The van der Waals surface area contributed by atoms with Crippen molar-refractivity contribution in [2.24, 2.45) is 5.92 Å². The summed E-state index contributed by atoms with van der Waals surface area (Å²) in [5.41, 5.74) is 0. The Morgan fingerprint density at radius 2 is 1.59 bits per heavy atom. The Hall–Kier alpha value is 1.69. The first kappa shape index (κ1) is 27.1. The minimum atomic E-state index is -0.643. The van der Waals surface area contributed by atoms with Gasteiger partial charge in [0.05, 0.1) is 5.92 Å². The quantitative estimate of drug-likeness (QED) is 0.707. The molecule has 5 heteroatoms. The second-order valence-electron chi connectivity index (χ2n) is 3.66. The van der Waals surface area contributed by atoms with Crippen LogP contribution in [0.15, 0.2) is 0 Å². The van der Waals surface area contributed by atoms with E-state index in [1.807, 2.05) is 6.92 Å². The molecule has 0 fully saturated rings. The summed E-state index contributed by atoms with van der Waals surface area (Å²) in [5.74, 6) is -0.754. The molecule has 1 atom stereocenters. The average molecular weight is 324 g/mol. The molecule has 96 valence electrons. The fourth-order valence-electron chi connectivity index (χ4n) is 1.11. The van der Waals surface area contributed by atoms with Crippen molar-refractivity contribution < 1.29 is 34.5 Å². The molecule has 3 nitrogen and oxygen atoms in total. The molecule has 1 unspecified atom stereocenters. The summed E-state index contributed by atoms with van der Waals surface area (Å²) < 4.78 is 0. The van der Waals surface area contributed by atoms with Crippen LogP contribution in [0.1, 0.15) is 59.3 Å². The predicted molar refractivity (Wildman–Crippen MR) is 70.1 cm³/mol. The van der Waals surface area contributed by atoms with E-state index in [0.29, 0.717) is 6.61 Å². The zero-order valence-corrected chi connectivity index (χ0v) is 14.0. The van der Waals surface area contributed by atoms with Gasteiger partial charge in [-0.1, -0.05) is 40.0 Å². The van der Waals surface area contributed by atoms with E-state index < -0.39 is 5.97 Å². The molecule has 2 N–H and O–H groups in total. The van der Waals surface area contributed by atoms with Crippen molar-refractivity contribution in [1.29, 1.82) is 0 Å². The van der Waals surface area contributed by atoms with Crippen LogP contribution in [-0.2, 0) is 24.3 Å². The molecular weight excluding hydrogens is 297 g/mol. The summed E-state index contributed by atoms with van der Waals surface area (Å²) in [6.45, 7) is 6.40. The van der Waals surface area contributed by atoms with E-state index in [1.165, 1.54) is 0 Å². The molecule has 0 aliphatic rings. The molecule has 0 rings (SSSR count). The summed E-state index contributed by atoms with van der Waals surface area (Å²) in [6, 6.07) is 0. The fraction of sp³-hybridized carbons (Fsp3) is 0.917. The molecule has 0 amide bonds. The molecule has 0 aliphatic heterocycles. The van der Waals surface area contributed by atoms with Crippen molar-refractivity contribution in [3.63, 3.8) is 0 Å². The van der Waals surface area contributed by atoms with Crippen LogP contribution >= 0.6 is 0 Å². The van der Waals surface area contributed by atoms with E-state index in [0.717, 1.165) is 38.5 Å². The zero-order valence-electron chi connectivity index (χ0n) is 11.0. The minimum absolute atomic E-state index is 0. The molecule has 0 saturated carbocycles. The van der Waals surface area contributed by atoms with Gasteiger partial charge in [-0.05, 0) is 19.3 Å². The summed E-state index contributed by atoms with van der Waals surface area (Å²) in [7, 11) is 0. The van der Waals surface area contributed by atoms with E-state index in [4.69, 9.17) is 10.2 Å². The first-order chi connectivity index (χ1) is 7.13. The normalized spacial score (nSPS) is 10.1. The van der Waals surface area contributed by atoms with Gasteiger partial charge in [-0.15, -0.1) is 0 Å². The van der Waals surface area contributed by atoms with Gasteiger partial charge in [-0.3, -0.25) is 4.79 Å². The van der Waals surface area contributed by atoms with Crippen molar-refractivity contribution >= 4 is 57.4 Å². The van der Waals surface area contributed by atoms with Crippen LogP contribution in [-0.4, -0.2) is 74.2 Å². The van der Waals surface area contributed by atoms with Gasteiger partial charge in [-0.25, -0.2) is 0 Å². The monoisotopic (exact) mass is 322 g/mol. The van der Waals surface area contributed by atoms with Gasteiger partial charge >= 0.3 is 57.4 Å². The van der Waals surface area contributed by atoms with Crippen molar-refractivity contribution in [2.75, 3.05) is 6.61 Å². The van der Waals surface area contributed by atoms with E-state index >= 15 is 0 Å². The second-order valence-corrected chi connectivity index (χ2v) is 3.66. The van der Waals surface area contributed by atoms with Gasteiger partial charge in [-0.2, -0.15) is 0 Å². The SMILES string of the molecule is CCCCC(CC)C(=O)O.CCCCO.[KH].[Zn]. The molecule has 0 saturated heterocycles. The molecule has 0 aromatic carbocycles. The van der Waals surface area contributed by atoms with E-state index in [1.54, 1.807) is 0 Å². The summed E-state index contributed by atoms with van der Waals surface area (Å²) in [4.78, 5) is 10.4. The van der Waals surface area contributed by atoms with Crippen LogP contribution in [0.5, 0.6) is 0 Å². The largest absolute Gasteiger partial charge is 0 e. The Morgan fingerprint density at radius 1 is 1.12 bits per heavy atom. The van der Waals surface area contributed by atoms with Crippen LogP contribution in [0.25, 0.3) is 0 Å². The zero-order chi connectivity index (χ0) is 12.1. The summed E-state index contributed by atoms with van der Waals surface area (Å²) in [5, 5.41) is 16.7. The molecule has 0 radical (unpaired) electrons. The van der Waals surface area contributed by atoms with E-state index in [-0.39, 0.29) is 76.8 Å². The van der Waals surface area contributed by atoms with Crippen molar-refractivity contribution in [3.8, 4) is 0 Å². The average Bonchev–Trinajstić information content (AvgIpc) is 2.20. The van der Waals surface area contributed by atoms with Gasteiger partial charge in [0.1, 0.15) is 0 Å². The fourth-order valence-corrected chi connectivity index (χ4v) is 1.11. The number of unbranched alkanes of at least 4 members (excludes halogenated alkanes) is 2. The number of hydrogen-bond donors (Lipinski definition) is 2. The van der Waals surface area contributed by atoms with E-state index in [9.17, 15) is 4.79 Å². The Morgan fingerprint density at radius 3 is 1.76 bits per heavy atom. The Labute approximate surface area is 161 Å². The van der Waals surface area contributed by atoms with Crippen molar-refractivity contribution in [3.05, 3.63) is 0 Å². The van der Waals surface area contributed by atoms with Crippen LogP contribution in [0.3, 0.4) is 0 Å². The predicted octanol–water partition coefficient (Wildman–Crippen LogP) is 2.42. The third-order valence-electron chi connectivity index (χ3n) is 2.26. The molecule has 17 heavy (non-hydrogen) atoms. The maximum absolute atomic E-state index is 10.4. The van der Waals surface area contributed by atoms with Crippen LogP contribution < -0.4 is 0 Å². The second kappa shape index (κ2) is 22.8. The minimum Gasteiger partial charge on any atom is 0 e. The van der Waals surface area contributed by atoms with Crippen LogP contribution in [0.2, 0.25) is 0 Å². The third kappa shape index (κ3) is 23.2. The maximum atomic E-state index is 10.4. The molecule has 0 heterocycles. The Bertz CT molecular complexity index is 144. The Balaban J connectivity index is -0.000000105. The number of aliphatic carboxylic acids is 1. The van der Waals surface area contributed by atoms with Crippen LogP contribution in [0.4, 0.5) is 0 Å². The smallest absolute Gasteiger partial charge is 0 e. The molecule has 0 bridgehead atoms. The topological polar surface area (TPSA) is 57.5 Å². The van der Waals surface area contributed by atoms with Gasteiger partial charge in [0, 0.05) is 26.1 Å². The maximum Gasteiger partial charge on any atom is 0 e. The third-order valence-corrected chi connectivity index (χ3v) is 2.26. The number of aliphatic hydroxyl groups is 1. The van der Waals surface area contributed by atoms with Gasteiger partial charge in [0.2, 0.25) is 0 Å². The van der Waals surface area contributed by atoms with Crippen molar-refractivity contribution in [2.45, 2.75) is 59.3 Å². The molecule has 0 aromatic rings. The number of aliphatic hydroxyl groups excluding tert-OH is 1. The van der Waals surface area contributed by atoms with Gasteiger partial charge < -0.3 is 10.2 Å². The van der Waals surface area contributed by atoms with E-state index in [2.05, 4.69) is 13.8 Å². The number of carbonyl (C=O) groups is 1. The number of hydrogen-bond acceptors (Lipinski definition) is 2. The summed E-state index contributed by atoms with van der Waals surface area (Å²) >= 11 is 0. The molecule has 0 aliphatic carbocycles. The molecule has 0 aromatic heterocycles. The van der Waals surface area contributed by atoms with Crippen LogP contribution in [0, 0.1) is 5.92 Å². The Kier molecular flexibility index (Phi) is 36.4. The van der Waals surface area contributed by atoms with Gasteiger partial charge in [0.15, 0.2) is 0 Å². The van der Waals surface area contributed by atoms with Gasteiger partial charge in [0.25, 0.3) is 0 Å². The first-order valence-electron chi connectivity index (χ1n) is 5.97. The molecule has 0 spiro atoms. The standard InChI is InChI=1S/C8H16O2.C4H10O.K.Zn.H/c1-3-5-6-7(4-2)8(9)10;1-2-3-4-5;;;/h7H,3-6H2,1-2H3,(H,9,10);5H,2-4H2,1H3;;;. The van der Waals surface area contributed by atoms with Crippen molar-refractivity contribution in [1.82, 2.24) is 0 Å². The number of carboxylic acid groups (broad SMARTS) is 1. The summed E-state index contributed by atoms with van der Waals surface area (Å²) in [6.07, 6.45) is 5.75. The number of rotatable bonds is 7.